The Bertz CT molecular complexity index is 616. The fourth-order valence-corrected chi connectivity index (χ4v) is 4.04. The zero-order valence-corrected chi connectivity index (χ0v) is 14.4. The average Bonchev–Trinajstić information content (AvgIpc) is 2.60. The van der Waals surface area contributed by atoms with Crippen molar-refractivity contribution in [2.75, 3.05) is 13.1 Å². The van der Waals surface area contributed by atoms with Crippen molar-refractivity contribution in [3.05, 3.63) is 35.4 Å². The lowest BCUT2D eigenvalue weighted by Gasteiger charge is -2.39. The summed E-state index contributed by atoms with van der Waals surface area (Å²) in [5.41, 5.74) is 7.97. The summed E-state index contributed by atoms with van der Waals surface area (Å²) in [6.45, 7) is 3.86. The lowest BCUT2D eigenvalue weighted by molar-refractivity contribution is -0.138. The molecule has 2 N–H and O–H groups in total. The summed E-state index contributed by atoms with van der Waals surface area (Å²) in [6, 6.07) is 8.05. The van der Waals surface area contributed by atoms with Gasteiger partial charge in [-0.15, -0.1) is 0 Å². The molecule has 24 heavy (non-hydrogen) atoms. The number of hydrogen-bond donors (Lipinski definition) is 1. The molecule has 1 saturated heterocycles. The third-order valence-electron chi connectivity index (χ3n) is 5.43. The van der Waals surface area contributed by atoms with Crippen molar-refractivity contribution in [1.29, 1.82) is 0 Å². The number of likely N-dealkylation sites (tertiary alicyclic amines) is 1. The van der Waals surface area contributed by atoms with Gasteiger partial charge in [0.05, 0.1) is 12.6 Å². The number of hydrogen-bond acceptors (Lipinski definition) is 3. The van der Waals surface area contributed by atoms with E-state index in [1.807, 2.05) is 28.0 Å². The molecule has 2 aliphatic rings. The molecular formula is C19H27N3O2. The average molecular weight is 329 g/mol. The van der Waals surface area contributed by atoms with E-state index in [0.29, 0.717) is 19.0 Å². The number of carbonyl (C=O) groups is 2. The molecule has 0 aliphatic carbocycles. The predicted octanol–water partition coefficient (Wildman–Crippen LogP) is 1.69. The highest BCUT2D eigenvalue weighted by molar-refractivity contribution is 5.83. The SMILES string of the molecule is CC[C@H]1CCCCN1C(=O)CN1Cc2ccccc2C[C@H]1C(N)=O. The third kappa shape index (κ3) is 3.46. The van der Waals surface area contributed by atoms with E-state index < -0.39 is 6.04 Å². The second-order valence-corrected chi connectivity index (χ2v) is 6.94. The Hall–Kier alpha value is -1.88. The normalized spacial score (nSPS) is 24.5. The number of rotatable bonds is 4. The van der Waals surface area contributed by atoms with Gasteiger partial charge < -0.3 is 10.6 Å². The second kappa shape index (κ2) is 7.34. The fourth-order valence-electron chi connectivity index (χ4n) is 4.04. The first-order valence-corrected chi connectivity index (χ1v) is 8.99. The van der Waals surface area contributed by atoms with Crippen molar-refractivity contribution in [3.8, 4) is 0 Å². The van der Waals surface area contributed by atoms with Gasteiger partial charge in [0.25, 0.3) is 0 Å². The molecule has 0 aromatic heterocycles. The van der Waals surface area contributed by atoms with Gasteiger partial charge in [-0.1, -0.05) is 31.2 Å². The quantitative estimate of drug-likeness (QED) is 0.914. The number of nitrogens with two attached hydrogens (primary N) is 1. The Morgan fingerprint density at radius 2 is 1.96 bits per heavy atom. The topological polar surface area (TPSA) is 66.6 Å². The molecule has 0 unspecified atom stereocenters. The smallest absolute Gasteiger partial charge is 0.237 e. The first kappa shape index (κ1) is 17.0. The minimum atomic E-state index is -0.395. The number of carbonyl (C=O) groups excluding carboxylic acids is 2. The van der Waals surface area contributed by atoms with Crippen LogP contribution >= 0.6 is 0 Å². The molecule has 2 heterocycles. The van der Waals surface area contributed by atoms with E-state index in [4.69, 9.17) is 5.73 Å². The van der Waals surface area contributed by atoms with Crippen LogP contribution in [0.1, 0.15) is 43.7 Å². The Balaban J connectivity index is 1.74. The Kier molecular flexibility index (Phi) is 5.19. The predicted molar refractivity (Wildman–Crippen MR) is 93.2 cm³/mol. The van der Waals surface area contributed by atoms with Gasteiger partial charge in [-0.05, 0) is 43.2 Å². The van der Waals surface area contributed by atoms with Crippen LogP contribution in [0, 0.1) is 0 Å². The van der Waals surface area contributed by atoms with Gasteiger partial charge in [-0.3, -0.25) is 14.5 Å². The molecule has 5 heteroatoms. The van der Waals surface area contributed by atoms with Crippen LogP contribution in [0.4, 0.5) is 0 Å². The fraction of sp³-hybridized carbons (Fsp3) is 0.579. The van der Waals surface area contributed by atoms with Gasteiger partial charge in [0.1, 0.15) is 0 Å². The maximum absolute atomic E-state index is 12.8. The van der Waals surface area contributed by atoms with Crippen LogP contribution in [-0.4, -0.2) is 46.8 Å². The summed E-state index contributed by atoms with van der Waals surface area (Å²) in [4.78, 5) is 28.7. The summed E-state index contributed by atoms with van der Waals surface area (Å²) in [5, 5.41) is 0. The molecule has 2 amide bonds. The highest BCUT2D eigenvalue weighted by Crippen LogP contribution is 2.25. The molecular weight excluding hydrogens is 302 g/mol. The van der Waals surface area contributed by atoms with Crippen molar-refractivity contribution in [1.82, 2.24) is 9.80 Å². The molecule has 1 aromatic carbocycles. The number of fused-ring (bicyclic) bond motifs is 1. The molecule has 1 fully saturated rings. The van der Waals surface area contributed by atoms with Crippen LogP contribution < -0.4 is 5.73 Å². The van der Waals surface area contributed by atoms with Crippen molar-refractivity contribution in [3.63, 3.8) is 0 Å². The first-order valence-electron chi connectivity index (χ1n) is 8.99. The lowest BCUT2D eigenvalue weighted by atomic mass is 9.93. The van der Waals surface area contributed by atoms with Crippen LogP contribution in [0.15, 0.2) is 24.3 Å². The third-order valence-corrected chi connectivity index (χ3v) is 5.43. The van der Waals surface area contributed by atoms with Gasteiger partial charge in [0.15, 0.2) is 0 Å². The number of amides is 2. The molecule has 0 radical (unpaired) electrons. The zero-order chi connectivity index (χ0) is 17.1. The number of piperidine rings is 1. The molecule has 0 bridgehead atoms. The van der Waals surface area contributed by atoms with Gasteiger partial charge in [0.2, 0.25) is 11.8 Å². The number of benzene rings is 1. The van der Waals surface area contributed by atoms with E-state index >= 15 is 0 Å². The largest absolute Gasteiger partial charge is 0.368 e. The Morgan fingerprint density at radius 1 is 1.21 bits per heavy atom. The molecule has 3 rings (SSSR count). The second-order valence-electron chi connectivity index (χ2n) is 6.94. The molecule has 1 aromatic rings. The summed E-state index contributed by atoms with van der Waals surface area (Å²) in [5.74, 6) is -0.213. The summed E-state index contributed by atoms with van der Waals surface area (Å²) in [7, 11) is 0. The first-order chi connectivity index (χ1) is 11.6. The Morgan fingerprint density at radius 3 is 2.67 bits per heavy atom. The zero-order valence-electron chi connectivity index (χ0n) is 14.4. The minimum Gasteiger partial charge on any atom is -0.368 e. The van der Waals surface area contributed by atoms with Crippen molar-refractivity contribution in [2.24, 2.45) is 5.73 Å². The number of nitrogens with zero attached hydrogens (tertiary/aromatic N) is 2. The van der Waals surface area contributed by atoms with Gasteiger partial charge in [0, 0.05) is 19.1 Å². The van der Waals surface area contributed by atoms with E-state index in [9.17, 15) is 9.59 Å². The molecule has 0 saturated carbocycles. The summed E-state index contributed by atoms with van der Waals surface area (Å²) >= 11 is 0. The minimum absolute atomic E-state index is 0.132. The van der Waals surface area contributed by atoms with Crippen LogP contribution in [-0.2, 0) is 22.6 Å². The van der Waals surface area contributed by atoms with Gasteiger partial charge in [-0.25, -0.2) is 0 Å². The van der Waals surface area contributed by atoms with Crippen molar-refractivity contribution >= 4 is 11.8 Å². The standard InChI is InChI=1S/C19H27N3O2/c1-2-16-9-5-6-10-22(16)18(23)13-21-12-15-8-4-3-7-14(15)11-17(21)19(20)24/h3-4,7-8,16-17H,2,5-6,9-13H2,1H3,(H2,20,24)/t16-,17-/m0/s1. The van der Waals surface area contributed by atoms with Gasteiger partial charge >= 0.3 is 0 Å². The summed E-state index contributed by atoms with van der Waals surface area (Å²) < 4.78 is 0. The van der Waals surface area contributed by atoms with Crippen LogP contribution in [0.25, 0.3) is 0 Å². The van der Waals surface area contributed by atoms with E-state index in [2.05, 4.69) is 13.0 Å². The van der Waals surface area contributed by atoms with E-state index in [1.165, 1.54) is 12.0 Å². The van der Waals surface area contributed by atoms with Gasteiger partial charge in [-0.2, -0.15) is 0 Å². The molecule has 0 spiro atoms. The maximum Gasteiger partial charge on any atom is 0.237 e. The van der Waals surface area contributed by atoms with E-state index in [0.717, 1.165) is 31.4 Å². The van der Waals surface area contributed by atoms with Crippen LogP contribution in [0.5, 0.6) is 0 Å². The molecule has 5 nitrogen and oxygen atoms in total. The van der Waals surface area contributed by atoms with Crippen molar-refractivity contribution < 1.29 is 9.59 Å². The highest BCUT2D eigenvalue weighted by atomic mass is 16.2. The molecule has 2 aliphatic heterocycles. The van der Waals surface area contributed by atoms with E-state index in [-0.39, 0.29) is 18.4 Å². The van der Waals surface area contributed by atoms with Crippen molar-refractivity contribution in [2.45, 2.75) is 57.7 Å². The highest BCUT2D eigenvalue weighted by Gasteiger charge is 2.33. The van der Waals surface area contributed by atoms with E-state index in [1.54, 1.807) is 0 Å². The van der Waals surface area contributed by atoms with Crippen LogP contribution in [0.3, 0.4) is 0 Å². The maximum atomic E-state index is 12.8. The van der Waals surface area contributed by atoms with Crippen LogP contribution in [0.2, 0.25) is 0 Å². The Labute approximate surface area is 143 Å². The summed E-state index contributed by atoms with van der Waals surface area (Å²) in [6.07, 6.45) is 4.95. The molecule has 2 atom stereocenters. The molecule has 130 valence electrons. The monoisotopic (exact) mass is 329 g/mol. The lowest BCUT2D eigenvalue weighted by Crippen LogP contribution is -2.54. The number of primary amides is 1.